The van der Waals surface area contributed by atoms with Crippen molar-refractivity contribution < 1.29 is 4.79 Å². The van der Waals surface area contributed by atoms with Crippen molar-refractivity contribution in [2.75, 3.05) is 29.0 Å². The number of hydrogen-bond acceptors (Lipinski definition) is 6. The number of aromatic nitrogens is 2. The molecule has 2 aliphatic rings. The van der Waals surface area contributed by atoms with Gasteiger partial charge in [-0.25, -0.2) is 4.98 Å². The van der Waals surface area contributed by atoms with E-state index < -0.39 is 0 Å². The number of nitrogens with two attached hydrogens (primary N) is 1. The fourth-order valence-corrected chi connectivity index (χ4v) is 3.96. The van der Waals surface area contributed by atoms with E-state index >= 15 is 0 Å². The molecule has 0 unspecified atom stereocenters. The van der Waals surface area contributed by atoms with Crippen LogP contribution in [0.2, 0.25) is 5.02 Å². The predicted molar refractivity (Wildman–Crippen MR) is 108 cm³/mol. The number of carbonyl (C=O) groups excluding carboxylic acids is 1. The number of benzene rings is 1. The van der Waals surface area contributed by atoms with Crippen molar-refractivity contribution in [2.24, 2.45) is 0 Å². The summed E-state index contributed by atoms with van der Waals surface area (Å²) in [6.07, 6.45) is 3.98. The van der Waals surface area contributed by atoms with Gasteiger partial charge in [0.25, 0.3) is 0 Å². The lowest BCUT2D eigenvalue weighted by Crippen LogP contribution is -2.36. The number of carbonyl (C=O) groups is 1. The van der Waals surface area contributed by atoms with Gasteiger partial charge >= 0.3 is 0 Å². The molecule has 2 aromatic rings. The van der Waals surface area contributed by atoms with Crippen LogP contribution >= 0.6 is 11.6 Å². The molecular formula is C19H23ClN6O. The van der Waals surface area contributed by atoms with Crippen molar-refractivity contribution in [3.63, 3.8) is 0 Å². The second-order valence-electron chi connectivity index (χ2n) is 7.14. The molecule has 1 fully saturated rings. The van der Waals surface area contributed by atoms with Gasteiger partial charge in [-0.05, 0) is 43.9 Å². The highest BCUT2D eigenvalue weighted by atomic mass is 35.5. The third-order valence-corrected chi connectivity index (χ3v) is 5.40. The molecule has 1 aromatic heterocycles. The summed E-state index contributed by atoms with van der Waals surface area (Å²) < 4.78 is 0. The fraction of sp³-hybridized carbons (Fsp3) is 0.421. The summed E-state index contributed by atoms with van der Waals surface area (Å²) >= 11 is 6.00. The van der Waals surface area contributed by atoms with Crippen LogP contribution < -0.4 is 21.3 Å². The van der Waals surface area contributed by atoms with Gasteiger partial charge in [-0.2, -0.15) is 4.98 Å². The second kappa shape index (κ2) is 7.23. The van der Waals surface area contributed by atoms with Crippen LogP contribution in [0.5, 0.6) is 0 Å². The van der Waals surface area contributed by atoms with E-state index in [1.807, 2.05) is 6.07 Å². The Morgan fingerprint density at radius 1 is 1.33 bits per heavy atom. The van der Waals surface area contributed by atoms with Crippen molar-refractivity contribution in [3.05, 3.63) is 34.5 Å². The van der Waals surface area contributed by atoms with Crippen molar-refractivity contribution >= 4 is 40.6 Å². The third-order valence-electron chi connectivity index (χ3n) is 5.06. The Labute approximate surface area is 163 Å². The van der Waals surface area contributed by atoms with E-state index in [-0.39, 0.29) is 11.9 Å². The van der Waals surface area contributed by atoms with E-state index in [1.165, 1.54) is 5.56 Å². The Morgan fingerprint density at radius 2 is 2.19 bits per heavy atom. The zero-order chi connectivity index (χ0) is 19.0. The summed E-state index contributed by atoms with van der Waals surface area (Å²) in [5.41, 5.74) is 9.55. The Bertz CT molecular complexity index is 887. The van der Waals surface area contributed by atoms with Crippen molar-refractivity contribution in [2.45, 2.75) is 38.6 Å². The van der Waals surface area contributed by atoms with Crippen LogP contribution in [-0.4, -0.2) is 35.0 Å². The number of hydrogen-bond donors (Lipinski definition) is 3. The molecule has 1 saturated heterocycles. The molecule has 0 bridgehead atoms. The molecule has 1 aliphatic carbocycles. The van der Waals surface area contributed by atoms with Gasteiger partial charge < -0.3 is 21.3 Å². The van der Waals surface area contributed by atoms with E-state index in [0.717, 1.165) is 56.0 Å². The molecule has 7 nitrogen and oxygen atoms in total. The summed E-state index contributed by atoms with van der Waals surface area (Å²) in [5, 5.41) is 6.79. The standard InChI is InChI=1S/C19H23ClN6O/c1-11(27)22-13-7-8-26(10-13)18-14-3-2-4-17(14)24-19(25-18)23-12-5-6-15(20)16(21)9-12/h5-6,9,13H,2-4,7-8,10,21H2,1H3,(H,22,27)(H,23,24,25)/t13-/m0/s1. The quantitative estimate of drug-likeness (QED) is 0.699. The van der Waals surface area contributed by atoms with E-state index in [2.05, 4.69) is 15.5 Å². The van der Waals surface area contributed by atoms with Gasteiger partial charge in [-0.3, -0.25) is 4.79 Å². The van der Waals surface area contributed by atoms with E-state index in [4.69, 9.17) is 27.3 Å². The number of rotatable bonds is 4. The highest BCUT2D eigenvalue weighted by Crippen LogP contribution is 2.33. The third kappa shape index (κ3) is 3.78. The summed E-state index contributed by atoms with van der Waals surface area (Å²) in [5.74, 6) is 1.56. The first-order valence-electron chi connectivity index (χ1n) is 9.23. The van der Waals surface area contributed by atoms with Crippen LogP contribution in [0.1, 0.15) is 31.0 Å². The van der Waals surface area contributed by atoms with Crippen molar-refractivity contribution in [1.29, 1.82) is 0 Å². The Hall–Kier alpha value is -2.54. The lowest BCUT2D eigenvalue weighted by Gasteiger charge is -2.21. The summed E-state index contributed by atoms with van der Waals surface area (Å²) in [7, 11) is 0. The molecular weight excluding hydrogens is 364 g/mol. The first kappa shape index (κ1) is 17.9. The van der Waals surface area contributed by atoms with Crippen LogP contribution in [-0.2, 0) is 17.6 Å². The zero-order valence-corrected chi connectivity index (χ0v) is 16.0. The first-order valence-corrected chi connectivity index (χ1v) is 9.61. The molecule has 0 saturated carbocycles. The Morgan fingerprint density at radius 3 is 2.96 bits per heavy atom. The van der Waals surface area contributed by atoms with Crippen molar-refractivity contribution in [1.82, 2.24) is 15.3 Å². The van der Waals surface area contributed by atoms with Gasteiger partial charge in [0.1, 0.15) is 5.82 Å². The molecule has 2 heterocycles. The maximum Gasteiger partial charge on any atom is 0.229 e. The fourth-order valence-electron chi connectivity index (χ4n) is 3.84. The normalized spacial score (nSPS) is 18.4. The van der Waals surface area contributed by atoms with Gasteiger partial charge in [0, 0.05) is 37.3 Å². The van der Waals surface area contributed by atoms with E-state index in [1.54, 1.807) is 19.1 Å². The number of amides is 1. The molecule has 4 rings (SSSR count). The smallest absolute Gasteiger partial charge is 0.229 e. The zero-order valence-electron chi connectivity index (χ0n) is 15.3. The minimum Gasteiger partial charge on any atom is -0.397 e. The Kier molecular flexibility index (Phi) is 4.78. The molecule has 1 aliphatic heterocycles. The SMILES string of the molecule is CC(=O)N[C@H]1CCN(c2nc(Nc3ccc(Cl)c(N)c3)nc3c2CCC3)C1. The van der Waals surface area contributed by atoms with E-state index in [9.17, 15) is 4.79 Å². The first-order chi connectivity index (χ1) is 13.0. The number of anilines is 4. The second-order valence-corrected chi connectivity index (χ2v) is 7.55. The lowest BCUT2D eigenvalue weighted by atomic mass is 10.2. The number of nitrogen functional groups attached to an aromatic ring is 1. The summed E-state index contributed by atoms with van der Waals surface area (Å²) in [6, 6.07) is 5.56. The van der Waals surface area contributed by atoms with Crippen LogP contribution in [0.4, 0.5) is 23.1 Å². The van der Waals surface area contributed by atoms with E-state index in [0.29, 0.717) is 16.7 Å². The van der Waals surface area contributed by atoms with Crippen LogP contribution in [0.3, 0.4) is 0 Å². The van der Waals surface area contributed by atoms with Crippen LogP contribution in [0.25, 0.3) is 0 Å². The predicted octanol–water partition coefficient (Wildman–Crippen LogP) is 2.66. The monoisotopic (exact) mass is 386 g/mol. The highest BCUT2D eigenvalue weighted by Gasteiger charge is 2.29. The highest BCUT2D eigenvalue weighted by molar-refractivity contribution is 6.33. The lowest BCUT2D eigenvalue weighted by molar-refractivity contribution is -0.119. The van der Waals surface area contributed by atoms with Crippen LogP contribution in [0.15, 0.2) is 18.2 Å². The van der Waals surface area contributed by atoms with Gasteiger partial charge in [-0.15, -0.1) is 0 Å². The molecule has 0 radical (unpaired) electrons. The molecule has 27 heavy (non-hydrogen) atoms. The maximum atomic E-state index is 11.4. The van der Waals surface area contributed by atoms with Crippen LogP contribution in [0, 0.1) is 0 Å². The maximum absolute atomic E-state index is 11.4. The topological polar surface area (TPSA) is 96.2 Å². The molecule has 1 amide bonds. The molecule has 1 atom stereocenters. The minimum absolute atomic E-state index is 0.0115. The Balaban J connectivity index is 1.60. The molecule has 4 N–H and O–H groups in total. The van der Waals surface area contributed by atoms with Gasteiger partial charge in [-0.1, -0.05) is 11.6 Å². The summed E-state index contributed by atoms with van der Waals surface area (Å²) in [6.45, 7) is 3.21. The van der Waals surface area contributed by atoms with Gasteiger partial charge in [0.05, 0.1) is 16.4 Å². The average Bonchev–Trinajstić information content (AvgIpc) is 3.26. The minimum atomic E-state index is 0.0115. The average molecular weight is 387 g/mol. The number of halogens is 1. The van der Waals surface area contributed by atoms with Crippen molar-refractivity contribution in [3.8, 4) is 0 Å². The van der Waals surface area contributed by atoms with Gasteiger partial charge in [0.2, 0.25) is 11.9 Å². The number of nitrogens with zero attached hydrogens (tertiary/aromatic N) is 3. The number of nitrogens with one attached hydrogen (secondary N) is 2. The number of aryl methyl sites for hydroxylation is 1. The molecule has 1 aromatic carbocycles. The summed E-state index contributed by atoms with van der Waals surface area (Å²) in [4.78, 5) is 23.1. The molecule has 8 heteroatoms. The van der Waals surface area contributed by atoms with Gasteiger partial charge in [0.15, 0.2) is 0 Å². The largest absolute Gasteiger partial charge is 0.397 e. The molecule has 0 spiro atoms. The molecule has 142 valence electrons. The number of fused-ring (bicyclic) bond motifs is 1.